The van der Waals surface area contributed by atoms with Gasteiger partial charge in [0.15, 0.2) is 16.6 Å². The molecule has 1 N–H and O–H groups in total. The van der Waals surface area contributed by atoms with Gasteiger partial charge in [0.05, 0.1) is 11.6 Å². The SMILES string of the molecule is C[C@@H]1C[C@@H](C)CN(C(=O)[C@H]2CCCc3sc(NC(=O)c4ccc5c(c4)OCO5)nc32)C1. The van der Waals surface area contributed by atoms with E-state index in [9.17, 15) is 9.59 Å². The number of aryl methyl sites for hydroxylation is 1. The number of nitrogens with one attached hydrogen (secondary N) is 1. The monoisotopic (exact) mass is 441 g/mol. The lowest BCUT2D eigenvalue weighted by Gasteiger charge is -2.37. The van der Waals surface area contributed by atoms with Gasteiger partial charge < -0.3 is 14.4 Å². The molecule has 1 saturated heterocycles. The predicted molar refractivity (Wildman–Crippen MR) is 118 cm³/mol. The highest BCUT2D eigenvalue weighted by atomic mass is 32.1. The van der Waals surface area contributed by atoms with Crippen molar-refractivity contribution in [3.63, 3.8) is 0 Å². The molecule has 1 aliphatic carbocycles. The first-order chi connectivity index (χ1) is 15.0. The maximum Gasteiger partial charge on any atom is 0.257 e. The van der Waals surface area contributed by atoms with Crippen molar-refractivity contribution in [2.75, 3.05) is 25.2 Å². The minimum absolute atomic E-state index is 0.170. The van der Waals surface area contributed by atoms with Gasteiger partial charge in [0.1, 0.15) is 0 Å². The number of aromatic nitrogens is 1. The Labute approximate surface area is 185 Å². The van der Waals surface area contributed by atoms with Crippen molar-refractivity contribution in [2.24, 2.45) is 11.8 Å². The molecule has 2 aromatic rings. The molecule has 3 aliphatic rings. The largest absolute Gasteiger partial charge is 0.454 e. The average Bonchev–Trinajstić information content (AvgIpc) is 3.37. The maximum absolute atomic E-state index is 13.3. The zero-order valence-corrected chi connectivity index (χ0v) is 18.7. The number of hydrogen-bond donors (Lipinski definition) is 1. The molecule has 0 unspecified atom stereocenters. The predicted octanol–water partition coefficient (Wildman–Crippen LogP) is 4.05. The van der Waals surface area contributed by atoms with Gasteiger partial charge in [-0.3, -0.25) is 14.9 Å². The minimum Gasteiger partial charge on any atom is -0.454 e. The summed E-state index contributed by atoms with van der Waals surface area (Å²) in [4.78, 5) is 33.9. The van der Waals surface area contributed by atoms with Gasteiger partial charge in [0.25, 0.3) is 5.91 Å². The third-order valence-corrected chi connectivity index (χ3v) is 7.33. The van der Waals surface area contributed by atoms with Crippen molar-refractivity contribution in [1.29, 1.82) is 0 Å². The Hall–Kier alpha value is -2.61. The first-order valence-corrected chi connectivity index (χ1v) is 11.8. The van der Waals surface area contributed by atoms with E-state index in [-0.39, 0.29) is 24.5 Å². The van der Waals surface area contributed by atoms with Crippen molar-refractivity contribution >= 4 is 28.3 Å². The molecule has 0 bridgehead atoms. The van der Waals surface area contributed by atoms with E-state index in [0.717, 1.165) is 42.9 Å². The quantitative estimate of drug-likeness (QED) is 0.777. The summed E-state index contributed by atoms with van der Waals surface area (Å²) in [5.74, 6) is 2.02. The van der Waals surface area contributed by atoms with Crippen LogP contribution < -0.4 is 14.8 Å². The molecular formula is C23H27N3O4S. The van der Waals surface area contributed by atoms with Crippen molar-refractivity contribution in [2.45, 2.75) is 45.4 Å². The van der Waals surface area contributed by atoms with Crippen LogP contribution in [0.3, 0.4) is 0 Å². The number of thiazole rings is 1. The summed E-state index contributed by atoms with van der Waals surface area (Å²) < 4.78 is 10.7. The van der Waals surface area contributed by atoms with Crippen LogP contribution >= 0.6 is 11.3 Å². The molecule has 1 aromatic heterocycles. The smallest absolute Gasteiger partial charge is 0.257 e. The molecule has 164 valence electrons. The van der Waals surface area contributed by atoms with Gasteiger partial charge in [0, 0.05) is 23.5 Å². The lowest BCUT2D eigenvalue weighted by Crippen LogP contribution is -2.45. The van der Waals surface area contributed by atoms with Gasteiger partial charge in [-0.1, -0.05) is 13.8 Å². The molecule has 5 rings (SSSR count). The summed E-state index contributed by atoms with van der Waals surface area (Å²) in [5, 5.41) is 3.46. The topological polar surface area (TPSA) is 80.8 Å². The third kappa shape index (κ3) is 4.01. The Morgan fingerprint density at radius 1 is 1.16 bits per heavy atom. The van der Waals surface area contributed by atoms with E-state index in [1.54, 1.807) is 18.2 Å². The molecule has 8 heteroatoms. The number of piperidine rings is 1. The molecule has 31 heavy (non-hydrogen) atoms. The van der Waals surface area contributed by atoms with E-state index >= 15 is 0 Å². The number of nitrogens with zero attached hydrogens (tertiary/aromatic N) is 2. The molecule has 0 spiro atoms. The first-order valence-electron chi connectivity index (χ1n) is 11.0. The molecule has 2 amide bonds. The van der Waals surface area contributed by atoms with Crippen molar-refractivity contribution in [1.82, 2.24) is 9.88 Å². The fraction of sp³-hybridized carbons (Fsp3) is 0.522. The number of amides is 2. The highest BCUT2D eigenvalue weighted by Crippen LogP contribution is 2.39. The van der Waals surface area contributed by atoms with Crippen LogP contribution in [0.5, 0.6) is 11.5 Å². The van der Waals surface area contributed by atoms with Crippen molar-refractivity contribution in [3.05, 3.63) is 34.3 Å². The van der Waals surface area contributed by atoms with Gasteiger partial charge >= 0.3 is 0 Å². The highest BCUT2D eigenvalue weighted by molar-refractivity contribution is 7.16. The molecule has 0 saturated carbocycles. The summed E-state index contributed by atoms with van der Waals surface area (Å²) in [6.45, 7) is 6.26. The van der Waals surface area contributed by atoms with Crippen LogP contribution in [-0.4, -0.2) is 41.6 Å². The summed E-state index contributed by atoms with van der Waals surface area (Å²) in [7, 11) is 0. The van der Waals surface area contributed by atoms with Crippen molar-refractivity contribution < 1.29 is 19.1 Å². The number of anilines is 1. The van der Waals surface area contributed by atoms with Crippen molar-refractivity contribution in [3.8, 4) is 11.5 Å². The lowest BCUT2D eigenvalue weighted by atomic mass is 9.87. The highest BCUT2D eigenvalue weighted by Gasteiger charge is 2.35. The fourth-order valence-corrected chi connectivity index (χ4v) is 6.04. The number of ether oxygens (including phenoxy) is 2. The number of carbonyl (C=O) groups excluding carboxylic acids is 2. The Bertz CT molecular complexity index is 1010. The average molecular weight is 442 g/mol. The molecule has 0 radical (unpaired) electrons. The molecule has 3 atom stereocenters. The molecule has 1 aromatic carbocycles. The second kappa shape index (κ2) is 8.15. The summed E-state index contributed by atoms with van der Waals surface area (Å²) in [6.07, 6.45) is 3.88. The van der Waals surface area contributed by atoms with Gasteiger partial charge in [0.2, 0.25) is 12.7 Å². The number of benzene rings is 1. The van der Waals surface area contributed by atoms with Gasteiger partial charge in [-0.25, -0.2) is 4.98 Å². The second-order valence-electron chi connectivity index (χ2n) is 8.98. The minimum atomic E-state index is -0.244. The standard InChI is InChI=1S/C23H27N3O4S/c1-13-8-14(2)11-26(10-13)22(28)16-4-3-5-19-20(16)24-23(31-19)25-21(27)15-6-7-17-18(9-15)30-12-29-17/h6-7,9,13-14,16H,3-5,8,10-12H2,1-2H3,(H,24,25,27)/t13-,14-,16+/m1/s1. The lowest BCUT2D eigenvalue weighted by molar-refractivity contribution is -0.136. The summed E-state index contributed by atoms with van der Waals surface area (Å²) in [6, 6.07) is 5.12. The second-order valence-corrected chi connectivity index (χ2v) is 10.1. The van der Waals surface area contributed by atoms with Crippen LogP contribution in [0, 0.1) is 11.8 Å². The first kappa shape index (κ1) is 20.3. The number of likely N-dealkylation sites (tertiary alicyclic amines) is 1. The summed E-state index contributed by atoms with van der Waals surface area (Å²) in [5.41, 5.74) is 1.34. The van der Waals surface area contributed by atoms with E-state index < -0.39 is 0 Å². The van der Waals surface area contributed by atoms with Crippen LogP contribution in [0.25, 0.3) is 0 Å². The summed E-state index contributed by atoms with van der Waals surface area (Å²) >= 11 is 1.48. The van der Waals surface area contributed by atoms with E-state index in [2.05, 4.69) is 19.2 Å². The number of fused-ring (bicyclic) bond motifs is 2. The number of hydrogen-bond acceptors (Lipinski definition) is 6. The number of carbonyl (C=O) groups is 2. The molecule has 7 nitrogen and oxygen atoms in total. The van der Waals surface area contributed by atoms with E-state index in [1.165, 1.54) is 17.8 Å². The van der Waals surface area contributed by atoms with Crippen LogP contribution in [0.15, 0.2) is 18.2 Å². The van der Waals surface area contributed by atoms with E-state index in [1.807, 2.05) is 4.90 Å². The van der Waals surface area contributed by atoms with Gasteiger partial charge in [-0.15, -0.1) is 11.3 Å². The van der Waals surface area contributed by atoms with Crippen LogP contribution in [0.4, 0.5) is 5.13 Å². The molecular weight excluding hydrogens is 414 g/mol. The number of rotatable bonds is 3. The zero-order chi connectivity index (χ0) is 21.5. The Morgan fingerprint density at radius 2 is 1.94 bits per heavy atom. The van der Waals surface area contributed by atoms with Crippen LogP contribution in [-0.2, 0) is 11.2 Å². The van der Waals surface area contributed by atoms with Crippen LogP contribution in [0.1, 0.15) is 60.0 Å². The van der Waals surface area contributed by atoms with E-state index in [0.29, 0.717) is 34.0 Å². The normalized spacial score (nSPS) is 24.6. The Kier molecular flexibility index (Phi) is 5.33. The van der Waals surface area contributed by atoms with E-state index in [4.69, 9.17) is 14.5 Å². The Balaban J connectivity index is 1.33. The maximum atomic E-state index is 13.3. The molecule has 1 fully saturated rings. The third-order valence-electron chi connectivity index (χ3n) is 6.29. The Morgan fingerprint density at radius 3 is 2.74 bits per heavy atom. The van der Waals surface area contributed by atoms with Gasteiger partial charge in [-0.05, 0) is 55.7 Å². The molecule has 2 aliphatic heterocycles. The molecule has 3 heterocycles. The zero-order valence-electron chi connectivity index (χ0n) is 17.8. The van der Waals surface area contributed by atoms with Crippen LogP contribution in [0.2, 0.25) is 0 Å². The van der Waals surface area contributed by atoms with Gasteiger partial charge in [-0.2, -0.15) is 0 Å². The fourth-order valence-electron chi connectivity index (χ4n) is 4.98.